The molecular weight excluding hydrogens is 430 g/mol. The first kappa shape index (κ1) is 21.3. The van der Waals surface area contributed by atoms with Crippen molar-refractivity contribution >= 4 is 0 Å². The first-order valence-corrected chi connectivity index (χ1v) is 10.9. The summed E-state index contributed by atoms with van der Waals surface area (Å²) >= 11 is 0. The Morgan fingerprint density at radius 2 is 1.79 bits per heavy atom. The van der Waals surface area contributed by atoms with Gasteiger partial charge in [-0.15, -0.1) is 5.10 Å². The summed E-state index contributed by atoms with van der Waals surface area (Å²) in [5, 5.41) is 13.2. The second kappa shape index (κ2) is 8.78. The average molecular weight is 454 g/mol. The Morgan fingerprint density at radius 3 is 2.50 bits per heavy atom. The lowest BCUT2D eigenvalue weighted by Gasteiger charge is -2.11. The smallest absolute Gasteiger partial charge is 0.268 e. The average Bonchev–Trinajstić information content (AvgIpc) is 3.53. The molecule has 0 bridgehead atoms. The minimum atomic E-state index is -0.198. The molecule has 170 valence electrons. The van der Waals surface area contributed by atoms with E-state index in [-0.39, 0.29) is 5.56 Å². The minimum absolute atomic E-state index is 0.198. The second-order valence-corrected chi connectivity index (χ2v) is 7.76. The molecule has 0 atom stereocenters. The van der Waals surface area contributed by atoms with Crippen molar-refractivity contribution in [2.75, 3.05) is 7.11 Å². The van der Waals surface area contributed by atoms with Gasteiger partial charge in [-0.25, -0.2) is 14.3 Å². The van der Waals surface area contributed by atoms with Gasteiger partial charge in [-0.1, -0.05) is 41.6 Å². The Morgan fingerprint density at radius 1 is 0.971 bits per heavy atom. The van der Waals surface area contributed by atoms with Crippen LogP contribution in [0.15, 0.2) is 78.1 Å². The number of rotatable bonds is 6. The van der Waals surface area contributed by atoms with Crippen LogP contribution < -0.4 is 10.3 Å². The fraction of sp³-hybridized carbons (Fsp3) is 0.160. The van der Waals surface area contributed by atoms with Gasteiger partial charge in [0, 0.05) is 29.9 Å². The van der Waals surface area contributed by atoms with E-state index in [1.54, 1.807) is 30.4 Å². The van der Waals surface area contributed by atoms with E-state index in [0.717, 1.165) is 22.5 Å². The third-order valence-corrected chi connectivity index (χ3v) is 5.53. The lowest BCUT2D eigenvalue weighted by Crippen LogP contribution is -2.23. The molecule has 9 nitrogen and oxygen atoms in total. The fourth-order valence-electron chi connectivity index (χ4n) is 3.80. The predicted molar refractivity (Wildman–Crippen MR) is 128 cm³/mol. The second-order valence-electron chi connectivity index (χ2n) is 7.76. The van der Waals surface area contributed by atoms with Gasteiger partial charge in [0.1, 0.15) is 17.1 Å². The molecule has 3 heterocycles. The molecule has 0 aliphatic heterocycles. The van der Waals surface area contributed by atoms with E-state index in [1.807, 2.05) is 73.1 Å². The van der Waals surface area contributed by atoms with E-state index in [4.69, 9.17) is 4.74 Å². The highest BCUT2D eigenvalue weighted by atomic mass is 16.5. The molecule has 0 radical (unpaired) electrons. The lowest BCUT2D eigenvalue weighted by molar-refractivity contribution is 0.413. The van der Waals surface area contributed by atoms with Crippen molar-refractivity contribution in [1.82, 2.24) is 34.3 Å². The molecule has 3 aromatic heterocycles. The number of aryl methyl sites for hydroxylation is 2. The zero-order chi connectivity index (χ0) is 23.7. The van der Waals surface area contributed by atoms with E-state index in [2.05, 4.69) is 20.4 Å². The predicted octanol–water partition coefficient (Wildman–Crippen LogP) is 3.68. The third-order valence-electron chi connectivity index (χ3n) is 5.53. The molecule has 5 aromatic rings. The molecule has 0 saturated heterocycles. The Labute approximate surface area is 195 Å². The molecular formula is C25H23N7O2. The molecule has 9 heteroatoms. The van der Waals surface area contributed by atoms with Crippen LogP contribution in [-0.2, 0) is 6.54 Å². The van der Waals surface area contributed by atoms with Crippen LogP contribution in [-0.4, -0.2) is 41.4 Å². The number of nitrogens with zero attached hydrogens (tertiary/aromatic N) is 7. The normalized spacial score (nSPS) is 11.0. The van der Waals surface area contributed by atoms with Crippen LogP contribution in [0.5, 0.6) is 5.75 Å². The first-order valence-electron chi connectivity index (χ1n) is 10.9. The van der Waals surface area contributed by atoms with Crippen molar-refractivity contribution < 1.29 is 4.74 Å². The maximum atomic E-state index is 12.6. The highest BCUT2D eigenvalue weighted by Gasteiger charge is 2.16. The molecule has 0 aliphatic rings. The quantitative estimate of drug-likeness (QED) is 0.389. The number of imidazole rings is 1. The maximum absolute atomic E-state index is 12.6. The van der Waals surface area contributed by atoms with Crippen molar-refractivity contribution in [2.24, 2.45) is 0 Å². The molecule has 0 N–H and O–H groups in total. The Hall–Kier alpha value is -4.53. The zero-order valence-electron chi connectivity index (χ0n) is 19.1. The number of benzene rings is 2. The van der Waals surface area contributed by atoms with E-state index < -0.39 is 0 Å². The summed E-state index contributed by atoms with van der Waals surface area (Å²) in [5.74, 6) is 0.682. The molecule has 0 saturated carbocycles. The third kappa shape index (κ3) is 3.88. The van der Waals surface area contributed by atoms with E-state index in [0.29, 0.717) is 29.4 Å². The molecule has 0 unspecified atom stereocenters. The Kier molecular flexibility index (Phi) is 5.51. The summed E-state index contributed by atoms with van der Waals surface area (Å²) in [6.07, 6.45) is 5.47. The summed E-state index contributed by atoms with van der Waals surface area (Å²) < 4.78 is 10.6. The summed E-state index contributed by atoms with van der Waals surface area (Å²) in [6.45, 7) is 4.30. The van der Waals surface area contributed by atoms with Gasteiger partial charge in [0.2, 0.25) is 0 Å². The van der Waals surface area contributed by atoms with Crippen LogP contribution in [0.3, 0.4) is 0 Å². The zero-order valence-corrected chi connectivity index (χ0v) is 19.1. The standard InChI is InChI=1S/C25H23N7O2/c1-4-31-24(33)13-22(25(28-31)18-8-6-5-7-9-18)32-15-20(27-29-32)19-10-11-21(23(12-19)34-3)30-14-17(2)26-16-30/h5-16H,4H2,1-3H3. The summed E-state index contributed by atoms with van der Waals surface area (Å²) in [6, 6.07) is 17.1. The van der Waals surface area contributed by atoms with Gasteiger partial charge in [0.25, 0.3) is 5.56 Å². The van der Waals surface area contributed by atoms with Crippen LogP contribution in [0.25, 0.3) is 33.9 Å². The van der Waals surface area contributed by atoms with Gasteiger partial charge < -0.3 is 9.30 Å². The molecule has 0 aliphatic carbocycles. The number of aromatic nitrogens is 7. The summed E-state index contributed by atoms with van der Waals surface area (Å²) in [7, 11) is 1.63. The molecule has 5 rings (SSSR count). The van der Waals surface area contributed by atoms with Gasteiger partial charge in [0.05, 0.1) is 36.7 Å². The molecule has 0 amide bonds. The van der Waals surface area contributed by atoms with Crippen molar-refractivity contribution in [2.45, 2.75) is 20.4 Å². The van der Waals surface area contributed by atoms with Crippen molar-refractivity contribution in [3.8, 4) is 39.6 Å². The van der Waals surface area contributed by atoms with Gasteiger partial charge in [-0.3, -0.25) is 4.79 Å². The van der Waals surface area contributed by atoms with Gasteiger partial charge >= 0.3 is 0 Å². The number of hydrogen-bond donors (Lipinski definition) is 0. The van der Waals surface area contributed by atoms with E-state index >= 15 is 0 Å². The van der Waals surface area contributed by atoms with Crippen LogP contribution in [0, 0.1) is 6.92 Å². The lowest BCUT2D eigenvalue weighted by atomic mass is 10.1. The molecule has 0 spiro atoms. The Balaban J connectivity index is 1.57. The van der Waals surface area contributed by atoms with Gasteiger partial charge in [0.15, 0.2) is 0 Å². The number of ether oxygens (including phenoxy) is 1. The monoisotopic (exact) mass is 453 g/mol. The SMILES string of the molecule is CCn1nc(-c2ccccc2)c(-n2cc(-c3ccc(-n4cnc(C)c4)c(OC)c3)nn2)cc1=O. The maximum Gasteiger partial charge on any atom is 0.268 e. The molecule has 0 fully saturated rings. The van der Waals surface area contributed by atoms with Crippen molar-refractivity contribution in [1.29, 1.82) is 0 Å². The highest BCUT2D eigenvalue weighted by Crippen LogP contribution is 2.30. The van der Waals surface area contributed by atoms with Crippen LogP contribution in [0.4, 0.5) is 0 Å². The van der Waals surface area contributed by atoms with Gasteiger partial charge in [-0.05, 0) is 26.0 Å². The van der Waals surface area contributed by atoms with Crippen LogP contribution in [0.1, 0.15) is 12.6 Å². The van der Waals surface area contributed by atoms with Gasteiger partial charge in [-0.2, -0.15) is 5.10 Å². The highest BCUT2D eigenvalue weighted by molar-refractivity contribution is 5.69. The first-order chi connectivity index (χ1) is 16.6. The molecule has 2 aromatic carbocycles. The van der Waals surface area contributed by atoms with Crippen LogP contribution in [0.2, 0.25) is 0 Å². The van der Waals surface area contributed by atoms with E-state index in [1.165, 1.54) is 4.68 Å². The van der Waals surface area contributed by atoms with Crippen molar-refractivity contribution in [3.05, 3.63) is 89.4 Å². The summed E-state index contributed by atoms with van der Waals surface area (Å²) in [5.41, 5.74) is 5.18. The topological polar surface area (TPSA) is 92.7 Å². The fourth-order valence-corrected chi connectivity index (χ4v) is 3.80. The number of hydrogen-bond acceptors (Lipinski definition) is 6. The minimum Gasteiger partial charge on any atom is -0.495 e. The Bertz CT molecular complexity index is 1520. The summed E-state index contributed by atoms with van der Waals surface area (Å²) in [4.78, 5) is 16.9. The number of methoxy groups -OCH3 is 1. The molecule has 34 heavy (non-hydrogen) atoms. The largest absolute Gasteiger partial charge is 0.495 e. The van der Waals surface area contributed by atoms with Crippen molar-refractivity contribution in [3.63, 3.8) is 0 Å². The van der Waals surface area contributed by atoms with Crippen LogP contribution >= 0.6 is 0 Å². The van der Waals surface area contributed by atoms with E-state index in [9.17, 15) is 4.79 Å².